The monoisotopic (exact) mass is 274 g/mol. The number of rotatable bonds is 5. The van der Waals surface area contributed by atoms with Gasteiger partial charge in [-0.1, -0.05) is 6.92 Å². The highest BCUT2D eigenvalue weighted by Crippen LogP contribution is 2.28. The Kier molecular flexibility index (Phi) is 5.71. The van der Waals surface area contributed by atoms with Crippen molar-refractivity contribution in [3.8, 4) is 0 Å². The maximum atomic E-state index is 12.0. The molecular weight excluding hydrogens is 252 g/mol. The van der Waals surface area contributed by atoms with E-state index < -0.39 is 30.9 Å². The number of amides is 2. The molecule has 4 atom stereocenters. The first-order valence-electron chi connectivity index (χ1n) is 6.46. The summed E-state index contributed by atoms with van der Waals surface area (Å²) in [5.74, 6) is -0.602. The maximum absolute atomic E-state index is 12.0. The van der Waals surface area contributed by atoms with Crippen molar-refractivity contribution in [2.75, 3.05) is 13.7 Å². The summed E-state index contributed by atoms with van der Waals surface area (Å²) >= 11 is 0. The summed E-state index contributed by atoms with van der Waals surface area (Å²) in [5, 5.41) is 31.5. The lowest BCUT2D eigenvalue weighted by Gasteiger charge is -2.29. The number of carbonyl (C=O) groups excluding carboxylic acids is 2. The fourth-order valence-corrected chi connectivity index (χ4v) is 2.45. The summed E-state index contributed by atoms with van der Waals surface area (Å²) in [4.78, 5) is 24.7. The predicted molar refractivity (Wildman–Crippen MR) is 67.1 cm³/mol. The summed E-state index contributed by atoms with van der Waals surface area (Å²) in [5.41, 5.74) is 0. The number of aliphatic hydroxyl groups is 3. The van der Waals surface area contributed by atoms with Crippen LogP contribution >= 0.6 is 0 Å². The predicted octanol–water partition coefficient (Wildman–Crippen LogP) is -1.78. The van der Waals surface area contributed by atoms with Gasteiger partial charge in [0.15, 0.2) is 0 Å². The summed E-state index contributed by atoms with van der Waals surface area (Å²) < 4.78 is 0. The van der Waals surface area contributed by atoms with Crippen LogP contribution in [0.1, 0.15) is 26.2 Å². The molecular formula is C12H22N2O5. The van der Waals surface area contributed by atoms with Crippen molar-refractivity contribution in [2.45, 2.75) is 50.5 Å². The maximum Gasteiger partial charge on any atom is 0.223 e. The SMILES string of the molecule is CCCC(=O)N1[C@H](CO)[C@@H](O)[C@H](O)[C@H]1CC(=O)NC. The standard InChI is InChI=1S/C12H22N2O5/c1-3-4-10(17)14-7(5-9(16)13-2)11(18)12(19)8(14)6-15/h7-8,11-12,15,18-19H,3-6H2,1-2H3,(H,13,16)/t7-,8-,11-,12-/m1/s1. The molecule has 7 nitrogen and oxygen atoms in total. The first-order valence-corrected chi connectivity index (χ1v) is 6.46. The molecule has 1 saturated heterocycles. The zero-order chi connectivity index (χ0) is 14.6. The van der Waals surface area contributed by atoms with Crippen molar-refractivity contribution in [3.63, 3.8) is 0 Å². The molecule has 0 aromatic rings. The molecule has 4 N–H and O–H groups in total. The highest BCUT2D eigenvalue weighted by atomic mass is 16.3. The first kappa shape index (κ1) is 15.9. The lowest BCUT2D eigenvalue weighted by Crippen LogP contribution is -2.46. The second-order valence-corrected chi connectivity index (χ2v) is 4.73. The normalized spacial score (nSPS) is 30.5. The van der Waals surface area contributed by atoms with Crippen molar-refractivity contribution < 1.29 is 24.9 Å². The van der Waals surface area contributed by atoms with E-state index in [1.165, 1.54) is 11.9 Å². The van der Waals surface area contributed by atoms with E-state index in [-0.39, 0.29) is 24.7 Å². The fourth-order valence-electron chi connectivity index (χ4n) is 2.45. The van der Waals surface area contributed by atoms with E-state index in [2.05, 4.69) is 5.32 Å². The van der Waals surface area contributed by atoms with Gasteiger partial charge in [0.1, 0.15) is 12.2 Å². The van der Waals surface area contributed by atoms with Crippen LogP contribution in [0.5, 0.6) is 0 Å². The molecule has 0 saturated carbocycles. The average molecular weight is 274 g/mol. The van der Waals surface area contributed by atoms with E-state index in [9.17, 15) is 24.9 Å². The lowest BCUT2D eigenvalue weighted by atomic mass is 10.1. The Bertz CT molecular complexity index is 336. The minimum Gasteiger partial charge on any atom is -0.394 e. The van der Waals surface area contributed by atoms with E-state index in [4.69, 9.17) is 0 Å². The van der Waals surface area contributed by atoms with Crippen LogP contribution in [0.25, 0.3) is 0 Å². The van der Waals surface area contributed by atoms with E-state index in [1.807, 2.05) is 6.92 Å². The van der Waals surface area contributed by atoms with E-state index in [0.29, 0.717) is 6.42 Å². The van der Waals surface area contributed by atoms with E-state index in [1.54, 1.807) is 0 Å². The molecule has 1 aliphatic rings. The van der Waals surface area contributed by atoms with Crippen molar-refractivity contribution in [1.82, 2.24) is 10.2 Å². The Hall–Kier alpha value is -1.18. The third-order valence-corrected chi connectivity index (χ3v) is 3.47. The van der Waals surface area contributed by atoms with Crippen molar-refractivity contribution >= 4 is 11.8 Å². The summed E-state index contributed by atoms with van der Waals surface area (Å²) in [7, 11) is 1.46. The number of likely N-dealkylation sites (tertiary alicyclic amines) is 1. The lowest BCUT2D eigenvalue weighted by molar-refractivity contribution is -0.137. The van der Waals surface area contributed by atoms with Crippen LogP contribution in [0.2, 0.25) is 0 Å². The Morgan fingerprint density at radius 2 is 1.79 bits per heavy atom. The first-order chi connectivity index (χ1) is 8.97. The quantitative estimate of drug-likeness (QED) is 0.473. The summed E-state index contributed by atoms with van der Waals surface area (Å²) in [6.45, 7) is 1.39. The Morgan fingerprint density at radius 3 is 2.26 bits per heavy atom. The Labute approximate surface area is 112 Å². The van der Waals surface area contributed by atoms with Crippen molar-refractivity contribution in [3.05, 3.63) is 0 Å². The smallest absolute Gasteiger partial charge is 0.223 e. The van der Waals surface area contributed by atoms with E-state index >= 15 is 0 Å². The van der Waals surface area contributed by atoms with E-state index in [0.717, 1.165) is 0 Å². The van der Waals surface area contributed by atoms with Crippen molar-refractivity contribution in [1.29, 1.82) is 0 Å². The van der Waals surface area contributed by atoms with Gasteiger partial charge in [-0.25, -0.2) is 0 Å². The number of aliphatic hydroxyl groups excluding tert-OH is 3. The molecule has 19 heavy (non-hydrogen) atoms. The Balaban J connectivity index is 2.94. The van der Waals surface area contributed by atoms with Gasteiger partial charge in [0.25, 0.3) is 0 Å². The van der Waals surface area contributed by atoms with Gasteiger partial charge >= 0.3 is 0 Å². The molecule has 110 valence electrons. The zero-order valence-corrected chi connectivity index (χ0v) is 11.2. The van der Waals surface area contributed by atoms with Gasteiger partial charge in [-0.15, -0.1) is 0 Å². The molecule has 0 spiro atoms. The number of hydrogen-bond acceptors (Lipinski definition) is 5. The summed E-state index contributed by atoms with van der Waals surface area (Å²) in [6.07, 6.45) is -1.69. The van der Waals surface area contributed by atoms with Crippen LogP contribution in [0.3, 0.4) is 0 Å². The highest BCUT2D eigenvalue weighted by Gasteiger charge is 2.49. The number of nitrogens with zero attached hydrogens (tertiary/aromatic N) is 1. The number of hydrogen-bond donors (Lipinski definition) is 4. The van der Waals surface area contributed by atoms with Gasteiger partial charge in [0.2, 0.25) is 11.8 Å². The van der Waals surface area contributed by atoms with Crippen LogP contribution in [0.4, 0.5) is 0 Å². The van der Waals surface area contributed by atoms with Gasteiger partial charge < -0.3 is 25.5 Å². The largest absolute Gasteiger partial charge is 0.394 e. The molecule has 7 heteroatoms. The van der Waals surface area contributed by atoms with Crippen LogP contribution < -0.4 is 5.32 Å². The minimum absolute atomic E-state index is 0.0965. The molecule has 1 rings (SSSR count). The average Bonchev–Trinajstić information content (AvgIpc) is 2.63. The Morgan fingerprint density at radius 1 is 1.21 bits per heavy atom. The molecule has 0 aromatic carbocycles. The second kappa shape index (κ2) is 6.83. The van der Waals surface area contributed by atoms with Crippen LogP contribution in [-0.4, -0.2) is 70.0 Å². The molecule has 0 aromatic heterocycles. The molecule has 1 heterocycles. The second-order valence-electron chi connectivity index (χ2n) is 4.73. The summed E-state index contributed by atoms with van der Waals surface area (Å²) in [6, 6.07) is -1.66. The van der Waals surface area contributed by atoms with Gasteiger partial charge in [-0.05, 0) is 6.42 Å². The van der Waals surface area contributed by atoms with Crippen LogP contribution in [0, 0.1) is 0 Å². The fraction of sp³-hybridized carbons (Fsp3) is 0.833. The van der Waals surface area contributed by atoms with Crippen molar-refractivity contribution in [2.24, 2.45) is 0 Å². The zero-order valence-electron chi connectivity index (χ0n) is 11.2. The number of nitrogens with one attached hydrogen (secondary N) is 1. The van der Waals surface area contributed by atoms with Crippen LogP contribution in [-0.2, 0) is 9.59 Å². The molecule has 2 amide bonds. The van der Waals surface area contributed by atoms with Crippen LogP contribution in [0.15, 0.2) is 0 Å². The minimum atomic E-state index is -1.24. The molecule has 0 radical (unpaired) electrons. The molecule has 1 fully saturated rings. The third-order valence-electron chi connectivity index (χ3n) is 3.47. The van der Waals surface area contributed by atoms with Gasteiger partial charge in [0.05, 0.1) is 18.7 Å². The topological polar surface area (TPSA) is 110 Å². The number of carbonyl (C=O) groups is 2. The van der Waals surface area contributed by atoms with Gasteiger partial charge in [-0.3, -0.25) is 9.59 Å². The van der Waals surface area contributed by atoms with Gasteiger partial charge in [0, 0.05) is 19.9 Å². The molecule has 0 unspecified atom stereocenters. The third kappa shape index (κ3) is 3.23. The van der Waals surface area contributed by atoms with Gasteiger partial charge in [-0.2, -0.15) is 0 Å². The molecule has 0 aliphatic carbocycles. The highest BCUT2D eigenvalue weighted by molar-refractivity contribution is 5.80. The molecule has 1 aliphatic heterocycles. The molecule has 0 bridgehead atoms.